The van der Waals surface area contributed by atoms with E-state index >= 15 is 0 Å². The summed E-state index contributed by atoms with van der Waals surface area (Å²) in [5, 5.41) is 0. The van der Waals surface area contributed by atoms with Gasteiger partial charge in [-0.1, -0.05) is 60.7 Å². The average molecular weight is 379 g/mol. The van der Waals surface area contributed by atoms with Gasteiger partial charge in [-0.2, -0.15) is 0 Å². The molecule has 3 nitrogen and oxygen atoms in total. The number of hydrogen-bond acceptors (Lipinski definition) is 3. The van der Waals surface area contributed by atoms with E-state index < -0.39 is 0 Å². The van der Waals surface area contributed by atoms with Crippen molar-refractivity contribution < 1.29 is 14.2 Å². The third-order valence-electron chi connectivity index (χ3n) is 5.45. The van der Waals surface area contributed by atoms with Crippen molar-refractivity contribution >= 4 is 5.57 Å². The number of rotatable bonds is 9. The van der Waals surface area contributed by atoms with E-state index in [1.54, 1.807) is 0 Å². The SMILES string of the molecule is C(=C(c1ccccc1)c1ccccc1)[C@@H]1O[C@H]1CCCCOC1CCCCO1. The Balaban J connectivity index is 1.26. The molecule has 0 amide bonds. The highest BCUT2D eigenvalue weighted by Gasteiger charge is 2.36. The minimum atomic E-state index is 0.0286. The Hall–Kier alpha value is -1.94. The summed E-state index contributed by atoms with van der Waals surface area (Å²) < 4.78 is 17.4. The zero-order valence-corrected chi connectivity index (χ0v) is 16.5. The quantitative estimate of drug-likeness (QED) is 0.420. The van der Waals surface area contributed by atoms with Crippen molar-refractivity contribution in [2.45, 2.75) is 57.0 Å². The van der Waals surface area contributed by atoms with Crippen molar-refractivity contribution in [1.82, 2.24) is 0 Å². The standard InChI is InChI=1S/C25H30O3/c1-3-11-20(12-4-1)22(21-13-5-2-6-14-21)19-24-23(28-24)15-7-9-17-26-25-16-8-10-18-27-25/h1-6,11-14,19,23-25H,7-10,15-18H2/t23-,24-,25?/m0/s1. The van der Waals surface area contributed by atoms with Crippen molar-refractivity contribution in [3.05, 3.63) is 77.9 Å². The normalized spacial score (nSPS) is 23.9. The summed E-state index contributed by atoms with van der Waals surface area (Å²) in [6.45, 7) is 1.64. The smallest absolute Gasteiger partial charge is 0.157 e. The van der Waals surface area contributed by atoms with Crippen molar-refractivity contribution in [2.75, 3.05) is 13.2 Å². The van der Waals surface area contributed by atoms with Gasteiger partial charge < -0.3 is 14.2 Å². The Morgan fingerprint density at radius 2 is 1.64 bits per heavy atom. The van der Waals surface area contributed by atoms with E-state index in [0.717, 1.165) is 38.9 Å². The van der Waals surface area contributed by atoms with Crippen molar-refractivity contribution in [3.63, 3.8) is 0 Å². The Morgan fingerprint density at radius 3 is 2.29 bits per heavy atom. The number of benzene rings is 2. The van der Waals surface area contributed by atoms with Gasteiger partial charge in [0.1, 0.15) is 6.10 Å². The maximum Gasteiger partial charge on any atom is 0.157 e. The predicted octanol–water partition coefficient (Wildman–Crippen LogP) is 5.60. The molecule has 3 atom stereocenters. The van der Waals surface area contributed by atoms with Gasteiger partial charge in [0, 0.05) is 13.2 Å². The molecule has 2 aromatic carbocycles. The molecule has 0 aliphatic carbocycles. The van der Waals surface area contributed by atoms with E-state index in [-0.39, 0.29) is 12.4 Å². The van der Waals surface area contributed by atoms with Crippen molar-refractivity contribution in [2.24, 2.45) is 0 Å². The Labute approximate surface area is 168 Å². The van der Waals surface area contributed by atoms with Gasteiger partial charge in [-0.3, -0.25) is 0 Å². The minimum Gasteiger partial charge on any atom is -0.365 e. The molecular weight excluding hydrogens is 348 g/mol. The maximum atomic E-state index is 5.95. The van der Waals surface area contributed by atoms with E-state index in [2.05, 4.69) is 66.7 Å². The summed E-state index contributed by atoms with van der Waals surface area (Å²) >= 11 is 0. The highest BCUT2D eigenvalue weighted by molar-refractivity contribution is 5.80. The third kappa shape index (κ3) is 5.54. The van der Waals surface area contributed by atoms with Gasteiger partial charge in [0.25, 0.3) is 0 Å². The van der Waals surface area contributed by atoms with Crippen LogP contribution in [-0.2, 0) is 14.2 Å². The second-order valence-corrected chi connectivity index (χ2v) is 7.61. The topological polar surface area (TPSA) is 31.0 Å². The molecular formula is C25H30O3. The van der Waals surface area contributed by atoms with Gasteiger partial charge in [-0.25, -0.2) is 0 Å². The van der Waals surface area contributed by atoms with E-state index in [1.807, 2.05) is 0 Å². The van der Waals surface area contributed by atoms with Gasteiger partial charge in [0.15, 0.2) is 6.29 Å². The molecule has 2 aliphatic rings. The molecule has 2 heterocycles. The van der Waals surface area contributed by atoms with Gasteiger partial charge in [-0.05, 0) is 61.3 Å². The zero-order valence-electron chi connectivity index (χ0n) is 16.5. The first-order valence-electron chi connectivity index (χ1n) is 10.6. The molecule has 0 saturated carbocycles. The molecule has 2 aliphatic heterocycles. The number of hydrogen-bond donors (Lipinski definition) is 0. The molecule has 3 heteroatoms. The van der Waals surface area contributed by atoms with Gasteiger partial charge >= 0.3 is 0 Å². The summed E-state index contributed by atoms with van der Waals surface area (Å²) in [6.07, 6.45) is 9.61. The first-order valence-corrected chi connectivity index (χ1v) is 10.6. The molecule has 0 N–H and O–H groups in total. The first kappa shape index (κ1) is 19.4. The molecule has 2 saturated heterocycles. The van der Waals surface area contributed by atoms with Crippen LogP contribution in [0.15, 0.2) is 66.7 Å². The fraction of sp³-hybridized carbons (Fsp3) is 0.440. The average Bonchev–Trinajstić information content (AvgIpc) is 3.51. The molecule has 2 fully saturated rings. The number of epoxide rings is 1. The predicted molar refractivity (Wildman–Crippen MR) is 112 cm³/mol. The molecule has 2 aromatic rings. The van der Waals surface area contributed by atoms with Crippen LogP contribution in [-0.4, -0.2) is 31.7 Å². The lowest BCUT2D eigenvalue weighted by molar-refractivity contribution is -0.162. The van der Waals surface area contributed by atoms with Gasteiger partial charge in [0.05, 0.1) is 6.10 Å². The minimum absolute atomic E-state index is 0.0286. The van der Waals surface area contributed by atoms with Crippen LogP contribution in [0.5, 0.6) is 0 Å². The van der Waals surface area contributed by atoms with Gasteiger partial charge in [0.2, 0.25) is 0 Å². The second kappa shape index (κ2) is 10.0. The fourth-order valence-corrected chi connectivity index (χ4v) is 3.80. The van der Waals surface area contributed by atoms with Crippen LogP contribution in [0.1, 0.15) is 49.7 Å². The lowest BCUT2D eigenvalue weighted by Crippen LogP contribution is -2.22. The highest BCUT2D eigenvalue weighted by Crippen LogP contribution is 2.33. The highest BCUT2D eigenvalue weighted by atomic mass is 16.7. The van der Waals surface area contributed by atoms with Crippen molar-refractivity contribution in [1.29, 1.82) is 0 Å². The summed E-state index contributed by atoms with van der Waals surface area (Å²) in [5.41, 5.74) is 3.74. The largest absolute Gasteiger partial charge is 0.365 e. The molecule has 0 bridgehead atoms. The van der Waals surface area contributed by atoms with Crippen LogP contribution in [0.25, 0.3) is 5.57 Å². The van der Waals surface area contributed by atoms with Gasteiger partial charge in [-0.15, -0.1) is 0 Å². The summed E-state index contributed by atoms with van der Waals surface area (Å²) in [4.78, 5) is 0. The Bertz CT molecular complexity index is 693. The number of unbranched alkanes of at least 4 members (excludes halogenated alkanes) is 1. The molecule has 0 aromatic heterocycles. The lowest BCUT2D eigenvalue weighted by Gasteiger charge is -2.22. The molecule has 28 heavy (non-hydrogen) atoms. The third-order valence-corrected chi connectivity index (χ3v) is 5.45. The molecule has 0 radical (unpaired) electrons. The monoisotopic (exact) mass is 378 g/mol. The fourth-order valence-electron chi connectivity index (χ4n) is 3.80. The van der Waals surface area contributed by atoms with Crippen molar-refractivity contribution in [3.8, 4) is 0 Å². The van der Waals surface area contributed by atoms with E-state index in [9.17, 15) is 0 Å². The first-order chi connectivity index (χ1) is 13.9. The van der Waals surface area contributed by atoms with Crippen LogP contribution >= 0.6 is 0 Å². The molecule has 0 spiro atoms. The van der Waals surface area contributed by atoms with E-state index in [0.29, 0.717) is 6.10 Å². The molecule has 4 rings (SSSR count). The summed E-state index contributed by atoms with van der Waals surface area (Å²) in [5.74, 6) is 0. The zero-order chi connectivity index (χ0) is 19.0. The molecule has 1 unspecified atom stereocenters. The van der Waals surface area contributed by atoms with Crippen LogP contribution in [0, 0.1) is 0 Å². The summed E-state index contributed by atoms with van der Waals surface area (Å²) in [7, 11) is 0. The van der Waals surface area contributed by atoms with E-state index in [1.165, 1.54) is 29.5 Å². The summed E-state index contributed by atoms with van der Waals surface area (Å²) in [6, 6.07) is 21.1. The maximum absolute atomic E-state index is 5.95. The molecule has 148 valence electrons. The van der Waals surface area contributed by atoms with E-state index in [4.69, 9.17) is 14.2 Å². The lowest BCUT2D eigenvalue weighted by atomic mass is 9.96. The Morgan fingerprint density at radius 1 is 0.929 bits per heavy atom. The number of ether oxygens (including phenoxy) is 3. The van der Waals surface area contributed by atoms with Crippen LogP contribution < -0.4 is 0 Å². The second-order valence-electron chi connectivity index (χ2n) is 7.61. The van der Waals surface area contributed by atoms with Crippen LogP contribution in [0.3, 0.4) is 0 Å². The Kier molecular flexibility index (Phi) is 6.93. The van der Waals surface area contributed by atoms with Crippen LogP contribution in [0.4, 0.5) is 0 Å². The van der Waals surface area contributed by atoms with Crippen LogP contribution in [0.2, 0.25) is 0 Å².